The van der Waals surface area contributed by atoms with Crippen LogP contribution < -0.4 is 16.0 Å². The van der Waals surface area contributed by atoms with Crippen LogP contribution in [0, 0.1) is 0 Å². The first-order valence-corrected chi connectivity index (χ1v) is 11.8. The van der Waals surface area contributed by atoms with Crippen LogP contribution in [0.25, 0.3) is 0 Å². The molecule has 0 aromatic heterocycles. The van der Waals surface area contributed by atoms with Gasteiger partial charge in [0.05, 0.1) is 6.54 Å². The number of hydrogen-bond donors (Lipinski definition) is 2. The molecule has 3 N–H and O–H groups in total. The molecule has 1 heterocycles. The first-order chi connectivity index (χ1) is 15.6. The maximum Gasteiger partial charge on any atom is 0.248 e. The second kappa shape index (κ2) is 10.2. The fourth-order valence-electron chi connectivity index (χ4n) is 5.12. The summed E-state index contributed by atoms with van der Waals surface area (Å²) in [5.41, 5.74) is 8.36. The predicted molar refractivity (Wildman–Crippen MR) is 128 cm³/mol. The smallest absolute Gasteiger partial charge is 0.248 e. The Hall–Kier alpha value is -2.86. The van der Waals surface area contributed by atoms with Gasteiger partial charge in [-0.05, 0) is 42.7 Å². The Morgan fingerprint density at radius 1 is 0.875 bits per heavy atom. The van der Waals surface area contributed by atoms with Crippen molar-refractivity contribution in [2.24, 2.45) is 5.73 Å². The summed E-state index contributed by atoms with van der Waals surface area (Å²) >= 11 is 0. The zero-order chi connectivity index (χ0) is 22.4. The van der Waals surface area contributed by atoms with E-state index in [1.807, 2.05) is 12.1 Å². The van der Waals surface area contributed by atoms with Crippen molar-refractivity contribution in [3.8, 4) is 0 Å². The normalized spacial score (nSPS) is 18.8. The minimum Gasteiger partial charge on any atom is -0.369 e. The van der Waals surface area contributed by atoms with Crippen molar-refractivity contribution in [3.05, 3.63) is 65.7 Å². The highest BCUT2D eigenvalue weighted by Gasteiger charge is 2.34. The van der Waals surface area contributed by atoms with Crippen molar-refractivity contribution in [3.63, 3.8) is 0 Å². The summed E-state index contributed by atoms with van der Waals surface area (Å²) in [6, 6.07) is 18.1. The van der Waals surface area contributed by atoms with E-state index in [2.05, 4.69) is 45.4 Å². The molecule has 2 aromatic rings. The van der Waals surface area contributed by atoms with E-state index in [-0.39, 0.29) is 11.3 Å². The standard InChI is InChI=1S/C26H34N4O2/c27-25(32)21-9-11-23(12-10-21)30-17-15-29(16-18-30)19-24(31)28-20-26(13-5-2-6-14-26)22-7-3-1-4-8-22/h1,3-4,7-12H,2,5-6,13-20H2,(H2,27,32)(H,28,31). The first-order valence-electron chi connectivity index (χ1n) is 11.8. The number of piperazine rings is 1. The Labute approximate surface area is 190 Å². The van der Waals surface area contributed by atoms with Gasteiger partial charge in [0, 0.05) is 49.4 Å². The van der Waals surface area contributed by atoms with Crippen molar-refractivity contribution in [1.29, 1.82) is 0 Å². The third kappa shape index (κ3) is 5.30. The maximum atomic E-state index is 12.8. The van der Waals surface area contributed by atoms with Gasteiger partial charge in [-0.25, -0.2) is 0 Å². The van der Waals surface area contributed by atoms with Crippen LogP contribution in [0.3, 0.4) is 0 Å². The first kappa shape index (κ1) is 22.3. The number of carbonyl (C=O) groups excluding carboxylic acids is 2. The summed E-state index contributed by atoms with van der Waals surface area (Å²) in [5.74, 6) is -0.292. The molecule has 0 radical (unpaired) electrons. The van der Waals surface area contributed by atoms with E-state index in [0.717, 1.165) is 51.3 Å². The fraction of sp³-hybridized carbons (Fsp3) is 0.462. The topological polar surface area (TPSA) is 78.7 Å². The summed E-state index contributed by atoms with van der Waals surface area (Å²) in [6.07, 6.45) is 6.04. The van der Waals surface area contributed by atoms with Crippen molar-refractivity contribution in [2.75, 3.05) is 44.2 Å². The SMILES string of the molecule is NC(=O)c1ccc(N2CCN(CC(=O)NCC3(c4ccccc4)CCCCC3)CC2)cc1. The molecule has 6 nitrogen and oxygen atoms in total. The van der Waals surface area contributed by atoms with E-state index in [1.165, 1.54) is 24.8 Å². The predicted octanol–water partition coefficient (Wildman–Crippen LogP) is 2.93. The molecule has 4 rings (SSSR count). The number of nitrogens with two attached hydrogens (primary N) is 1. The Balaban J connectivity index is 1.27. The quantitative estimate of drug-likeness (QED) is 0.702. The number of benzene rings is 2. The van der Waals surface area contributed by atoms with E-state index in [9.17, 15) is 9.59 Å². The van der Waals surface area contributed by atoms with Crippen LogP contribution in [0.1, 0.15) is 48.0 Å². The van der Waals surface area contributed by atoms with Gasteiger partial charge in [-0.1, -0.05) is 49.6 Å². The second-order valence-corrected chi connectivity index (χ2v) is 9.16. The van der Waals surface area contributed by atoms with Gasteiger partial charge in [-0.15, -0.1) is 0 Å². The van der Waals surface area contributed by atoms with Crippen molar-refractivity contribution in [1.82, 2.24) is 10.2 Å². The van der Waals surface area contributed by atoms with Gasteiger partial charge in [0.2, 0.25) is 11.8 Å². The molecule has 2 aromatic carbocycles. The van der Waals surface area contributed by atoms with Crippen LogP contribution in [0.5, 0.6) is 0 Å². The largest absolute Gasteiger partial charge is 0.369 e. The molecule has 6 heteroatoms. The molecule has 32 heavy (non-hydrogen) atoms. The zero-order valence-electron chi connectivity index (χ0n) is 18.8. The van der Waals surface area contributed by atoms with E-state index >= 15 is 0 Å². The number of rotatable bonds is 7. The summed E-state index contributed by atoms with van der Waals surface area (Å²) < 4.78 is 0. The van der Waals surface area contributed by atoms with Gasteiger partial charge in [0.15, 0.2) is 0 Å². The number of hydrogen-bond acceptors (Lipinski definition) is 4. The molecule has 1 aliphatic carbocycles. The minimum atomic E-state index is -0.408. The Morgan fingerprint density at radius 3 is 2.16 bits per heavy atom. The average molecular weight is 435 g/mol. The Kier molecular flexibility index (Phi) is 7.10. The molecule has 2 amide bonds. The lowest BCUT2D eigenvalue weighted by molar-refractivity contribution is -0.122. The number of anilines is 1. The summed E-state index contributed by atoms with van der Waals surface area (Å²) in [4.78, 5) is 28.5. The third-order valence-corrected chi connectivity index (χ3v) is 7.08. The van der Waals surface area contributed by atoms with Gasteiger partial charge >= 0.3 is 0 Å². The zero-order valence-corrected chi connectivity index (χ0v) is 18.8. The molecule has 1 saturated heterocycles. The molecule has 170 valence electrons. The van der Waals surface area contributed by atoms with Gasteiger partial charge in [0.1, 0.15) is 0 Å². The van der Waals surface area contributed by atoms with Gasteiger partial charge < -0.3 is 16.0 Å². The molecular formula is C26H34N4O2. The number of primary amides is 1. The van der Waals surface area contributed by atoms with Crippen LogP contribution in [0.4, 0.5) is 5.69 Å². The highest BCUT2D eigenvalue weighted by atomic mass is 16.2. The number of carbonyl (C=O) groups is 2. The molecule has 1 saturated carbocycles. The number of nitrogens with zero attached hydrogens (tertiary/aromatic N) is 2. The molecule has 1 aliphatic heterocycles. The molecule has 0 unspecified atom stereocenters. The van der Waals surface area contributed by atoms with E-state index in [0.29, 0.717) is 12.1 Å². The monoisotopic (exact) mass is 434 g/mol. The molecular weight excluding hydrogens is 400 g/mol. The lowest BCUT2D eigenvalue weighted by Gasteiger charge is -2.39. The van der Waals surface area contributed by atoms with Crippen molar-refractivity contribution < 1.29 is 9.59 Å². The molecule has 0 bridgehead atoms. The van der Waals surface area contributed by atoms with Gasteiger partial charge in [0.25, 0.3) is 0 Å². The highest BCUT2D eigenvalue weighted by molar-refractivity contribution is 5.93. The molecule has 2 fully saturated rings. The highest BCUT2D eigenvalue weighted by Crippen LogP contribution is 2.38. The summed E-state index contributed by atoms with van der Waals surface area (Å²) in [6.45, 7) is 4.57. The van der Waals surface area contributed by atoms with E-state index in [1.54, 1.807) is 12.1 Å². The molecule has 0 spiro atoms. The fourth-order valence-corrected chi connectivity index (χ4v) is 5.12. The van der Waals surface area contributed by atoms with E-state index in [4.69, 9.17) is 5.73 Å². The number of amides is 2. The van der Waals surface area contributed by atoms with Gasteiger partial charge in [-0.2, -0.15) is 0 Å². The maximum absolute atomic E-state index is 12.8. The third-order valence-electron chi connectivity index (χ3n) is 7.08. The lowest BCUT2D eigenvalue weighted by atomic mass is 9.69. The second-order valence-electron chi connectivity index (χ2n) is 9.16. The van der Waals surface area contributed by atoms with Crippen LogP contribution in [-0.4, -0.2) is 56.0 Å². The van der Waals surface area contributed by atoms with Crippen LogP contribution in [-0.2, 0) is 10.2 Å². The molecule has 2 aliphatic rings. The summed E-state index contributed by atoms with van der Waals surface area (Å²) in [5, 5.41) is 3.26. The minimum absolute atomic E-state index is 0.0743. The van der Waals surface area contributed by atoms with Crippen molar-refractivity contribution in [2.45, 2.75) is 37.5 Å². The number of nitrogens with one attached hydrogen (secondary N) is 1. The van der Waals surface area contributed by atoms with Crippen LogP contribution in [0.15, 0.2) is 54.6 Å². The summed E-state index contributed by atoms with van der Waals surface area (Å²) in [7, 11) is 0. The van der Waals surface area contributed by atoms with Crippen LogP contribution in [0.2, 0.25) is 0 Å². The lowest BCUT2D eigenvalue weighted by Crippen LogP contribution is -2.51. The molecule has 0 atom stereocenters. The van der Waals surface area contributed by atoms with Crippen molar-refractivity contribution >= 4 is 17.5 Å². The Morgan fingerprint density at radius 2 is 1.53 bits per heavy atom. The van der Waals surface area contributed by atoms with Crippen LogP contribution >= 0.6 is 0 Å². The Bertz CT molecular complexity index is 899. The average Bonchev–Trinajstić information content (AvgIpc) is 2.84. The van der Waals surface area contributed by atoms with E-state index < -0.39 is 5.91 Å². The van der Waals surface area contributed by atoms with Gasteiger partial charge in [-0.3, -0.25) is 14.5 Å².